The van der Waals surface area contributed by atoms with Gasteiger partial charge in [0.1, 0.15) is 0 Å². The number of benzene rings is 2. The van der Waals surface area contributed by atoms with Crippen molar-refractivity contribution in [2.24, 2.45) is 7.05 Å². The van der Waals surface area contributed by atoms with E-state index in [9.17, 15) is 9.59 Å². The van der Waals surface area contributed by atoms with Gasteiger partial charge < -0.3 is 14.4 Å². The van der Waals surface area contributed by atoms with Crippen molar-refractivity contribution in [3.63, 3.8) is 0 Å². The van der Waals surface area contributed by atoms with Crippen LogP contribution in [-0.4, -0.2) is 36.3 Å². The van der Waals surface area contributed by atoms with Crippen LogP contribution in [0.2, 0.25) is 5.02 Å². The molecule has 9 heteroatoms. The summed E-state index contributed by atoms with van der Waals surface area (Å²) in [5, 5.41) is 0.506. The lowest BCUT2D eigenvalue weighted by molar-refractivity contribution is 0.0514. The van der Waals surface area contributed by atoms with Gasteiger partial charge in [0.2, 0.25) is 11.7 Å². The third-order valence-electron chi connectivity index (χ3n) is 5.12. The van der Waals surface area contributed by atoms with Gasteiger partial charge in [0.05, 0.1) is 26.3 Å². The summed E-state index contributed by atoms with van der Waals surface area (Å²) in [5.41, 5.74) is 1.22. The van der Waals surface area contributed by atoms with Crippen LogP contribution in [0.15, 0.2) is 53.3 Å². The number of anilines is 1. The minimum absolute atomic E-state index is 0.121. The van der Waals surface area contributed by atoms with Crippen molar-refractivity contribution < 1.29 is 14.3 Å². The van der Waals surface area contributed by atoms with E-state index in [1.165, 1.54) is 18.7 Å². The number of hydrogen-bond donors (Lipinski definition) is 0. The van der Waals surface area contributed by atoms with Gasteiger partial charge in [-0.05, 0) is 24.1 Å². The Balaban J connectivity index is 2.26. The molecule has 0 fully saturated rings. The fraction of sp³-hybridized carbons (Fsp3) is 0.250. The molecule has 1 heterocycles. The van der Waals surface area contributed by atoms with Gasteiger partial charge in [-0.3, -0.25) is 9.36 Å². The van der Waals surface area contributed by atoms with E-state index in [2.05, 4.69) is 9.83 Å². The maximum absolute atomic E-state index is 13.0. The maximum atomic E-state index is 13.0. The Kier molecular flexibility index (Phi) is 7.36. The van der Waals surface area contributed by atoms with Crippen LogP contribution in [-0.2, 0) is 11.8 Å². The Labute approximate surface area is 196 Å². The normalized spacial score (nSPS) is 11.4. The zero-order chi connectivity index (χ0) is 24.1. The molecule has 8 nitrogen and oxygen atoms in total. The van der Waals surface area contributed by atoms with Crippen LogP contribution < -0.4 is 15.2 Å². The van der Waals surface area contributed by atoms with Gasteiger partial charge in [-0.15, -0.1) is 0 Å². The quantitative estimate of drug-likeness (QED) is 0.379. The summed E-state index contributed by atoms with van der Waals surface area (Å²) in [7, 11) is 4.58. The van der Waals surface area contributed by atoms with Gasteiger partial charge in [-0.1, -0.05) is 54.1 Å². The molecule has 0 amide bonds. The third kappa shape index (κ3) is 4.69. The number of rotatable bonds is 7. The highest BCUT2D eigenvalue weighted by molar-refractivity contribution is 6.31. The molecule has 2 aromatic carbocycles. The molecule has 0 aliphatic heterocycles. The molecule has 3 aromatic rings. The molecular formula is C24H23ClN4O4. The van der Waals surface area contributed by atoms with Crippen molar-refractivity contribution in [1.29, 1.82) is 0 Å². The molecule has 0 saturated carbocycles. The fourth-order valence-corrected chi connectivity index (χ4v) is 3.84. The first-order chi connectivity index (χ1) is 15.8. The molecule has 0 radical (unpaired) electrons. The van der Waals surface area contributed by atoms with Crippen molar-refractivity contribution >= 4 is 29.2 Å². The second-order valence-corrected chi connectivity index (χ2v) is 7.53. The summed E-state index contributed by atoms with van der Waals surface area (Å²) in [6, 6.07) is 13.9. The van der Waals surface area contributed by atoms with Crippen LogP contribution in [0.25, 0.3) is 4.85 Å². The van der Waals surface area contributed by atoms with Crippen LogP contribution in [0.5, 0.6) is 5.75 Å². The van der Waals surface area contributed by atoms with Gasteiger partial charge in [-0.25, -0.2) is 14.6 Å². The third-order valence-corrected chi connectivity index (χ3v) is 5.46. The number of aromatic nitrogens is 2. The van der Waals surface area contributed by atoms with Gasteiger partial charge in [0, 0.05) is 19.1 Å². The zero-order valence-corrected chi connectivity index (χ0v) is 19.5. The highest BCUT2D eigenvalue weighted by atomic mass is 35.5. The first-order valence-electron chi connectivity index (χ1n) is 10.1. The molecule has 0 aliphatic rings. The van der Waals surface area contributed by atoms with E-state index in [0.717, 1.165) is 11.1 Å². The lowest BCUT2D eigenvalue weighted by atomic mass is 9.97. The number of methoxy groups -OCH3 is 1. The van der Waals surface area contributed by atoms with E-state index in [1.807, 2.05) is 24.3 Å². The van der Waals surface area contributed by atoms with E-state index >= 15 is 0 Å². The molecular weight excluding hydrogens is 444 g/mol. The Hall–Kier alpha value is -3.83. The Morgan fingerprint density at radius 3 is 2.64 bits per heavy atom. The Bertz CT molecular complexity index is 1280. The molecule has 0 aliphatic carbocycles. The number of carbonyl (C=O) groups is 1. The average molecular weight is 467 g/mol. The number of ether oxygens (including phenoxy) is 2. The number of carbonyl (C=O) groups excluding carboxylic acids is 1. The fourth-order valence-electron chi connectivity index (χ4n) is 3.60. The second kappa shape index (κ2) is 10.2. The smallest absolute Gasteiger partial charge is 0.361 e. The van der Waals surface area contributed by atoms with Crippen LogP contribution in [0.3, 0.4) is 0 Å². The molecule has 0 N–H and O–H groups in total. The van der Waals surface area contributed by atoms with Crippen molar-refractivity contribution in [2.75, 3.05) is 25.7 Å². The minimum Gasteiger partial charge on any atom is -0.489 e. The molecule has 1 atom stereocenters. The highest BCUT2D eigenvalue weighted by Gasteiger charge is 2.29. The first-order valence-corrected chi connectivity index (χ1v) is 10.5. The predicted molar refractivity (Wildman–Crippen MR) is 126 cm³/mol. The summed E-state index contributed by atoms with van der Waals surface area (Å²) in [6.45, 7) is 9.17. The zero-order valence-electron chi connectivity index (χ0n) is 18.7. The molecule has 0 bridgehead atoms. The monoisotopic (exact) mass is 466 g/mol. The number of hydrogen-bond acceptors (Lipinski definition) is 6. The molecule has 1 unspecified atom stereocenters. The van der Waals surface area contributed by atoms with Gasteiger partial charge in [0.25, 0.3) is 5.56 Å². The van der Waals surface area contributed by atoms with E-state index in [1.54, 1.807) is 43.1 Å². The lowest BCUT2D eigenvalue weighted by Crippen LogP contribution is -2.34. The second-order valence-electron chi connectivity index (χ2n) is 7.12. The lowest BCUT2D eigenvalue weighted by Gasteiger charge is -2.32. The molecule has 1 aromatic heterocycles. The summed E-state index contributed by atoms with van der Waals surface area (Å²) in [4.78, 5) is 35.2. The standard InChI is InChI=1S/C24H23ClN4O4/c1-6-33-23(31)19-21(32-5)22(30)29(4)24(27-19)28(3)20(17-12-7-8-13-18(17)25)15-10-9-11-16(14-15)26-2/h7-14,20H,6H2,1,3-5H3. The van der Waals surface area contributed by atoms with Gasteiger partial charge >= 0.3 is 5.97 Å². The van der Waals surface area contributed by atoms with Crippen LogP contribution >= 0.6 is 11.6 Å². The van der Waals surface area contributed by atoms with E-state index in [0.29, 0.717) is 10.7 Å². The van der Waals surface area contributed by atoms with Crippen molar-refractivity contribution in [2.45, 2.75) is 13.0 Å². The SMILES string of the molecule is [C-]#[N+]c1cccc(C(c2ccccc2Cl)N(C)c2nc(C(=O)OCC)c(OC)c(=O)n2C)c1. The largest absolute Gasteiger partial charge is 0.489 e. The van der Waals surface area contributed by atoms with Crippen molar-refractivity contribution in [3.8, 4) is 5.75 Å². The molecule has 0 spiro atoms. The minimum atomic E-state index is -0.758. The molecule has 33 heavy (non-hydrogen) atoms. The highest BCUT2D eigenvalue weighted by Crippen LogP contribution is 2.36. The van der Waals surface area contributed by atoms with Crippen LogP contribution in [0.1, 0.15) is 34.6 Å². The summed E-state index contributed by atoms with van der Waals surface area (Å²) in [6.07, 6.45) is 0. The van der Waals surface area contributed by atoms with Gasteiger partial charge in [-0.2, -0.15) is 0 Å². The molecule has 0 saturated heterocycles. The van der Waals surface area contributed by atoms with E-state index < -0.39 is 17.6 Å². The topological polar surface area (TPSA) is 78.0 Å². The van der Waals surface area contributed by atoms with E-state index in [4.69, 9.17) is 27.6 Å². The molecule has 3 rings (SSSR count). The number of halogens is 1. The predicted octanol–water partition coefficient (Wildman–Crippen LogP) is 4.40. The Morgan fingerprint density at radius 2 is 2.00 bits per heavy atom. The van der Waals surface area contributed by atoms with Gasteiger partial charge in [0.15, 0.2) is 11.4 Å². The summed E-state index contributed by atoms with van der Waals surface area (Å²) < 4.78 is 11.5. The number of esters is 1. The molecule has 170 valence electrons. The Morgan fingerprint density at radius 1 is 1.27 bits per heavy atom. The summed E-state index contributed by atoms with van der Waals surface area (Å²) in [5.74, 6) is -0.759. The average Bonchev–Trinajstić information content (AvgIpc) is 2.82. The maximum Gasteiger partial charge on any atom is 0.361 e. The van der Waals surface area contributed by atoms with Crippen molar-refractivity contribution in [1.82, 2.24) is 9.55 Å². The van der Waals surface area contributed by atoms with Crippen LogP contribution in [0.4, 0.5) is 11.6 Å². The number of nitrogens with zero attached hydrogens (tertiary/aromatic N) is 4. The van der Waals surface area contributed by atoms with Crippen LogP contribution in [0, 0.1) is 6.57 Å². The van der Waals surface area contributed by atoms with E-state index in [-0.39, 0.29) is 24.0 Å². The van der Waals surface area contributed by atoms with Crippen molar-refractivity contribution in [3.05, 3.63) is 92.1 Å². The first kappa shape index (κ1) is 23.8. The summed E-state index contributed by atoms with van der Waals surface area (Å²) >= 11 is 6.55.